The van der Waals surface area contributed by atoms with Gasteiger partial charge in [0, 0.05) is 4.92 Å². The quantitative estimate of drug-likeness (QED) is 0.536. The highest BCUT2D eigenvalue weighted by molar-refractivity contribution is 5.08. The topological polar surface area (TPSA) is 56.3 Å². The molecule has 0 aromatic carbocycles. The number of rotatable bonds is 2. The number of alkyl halides is 3. The highest BCUT2D eigenvalue weighted by atomic mass is 19.4. The fourth-order valence-corrected chi connectivity index (χ4v) is 0.742. The lowest BCUT2D eigenvalue weighted by atomic mass is 10.4. The van der Waals surface area contributed by atoms with E-state index in [4.69, 9.17) is 0 Å². The molecule has 1 heterocycles. The van der Waals surface area contributed by atoms with Crippen LogP contribution in [0.1, 0.15) is 11.5 Å². The van der Waals surface area contributed by atoms with Crippen LogP contribution in [-0.4, -0.2) is 4.92 Å². The molecule has 0 saturated heterocycles. The van der Waals surface area contributed by atoms with Crippen LogP contribution in [0.5, 0.6) is 0 Å². The predicted molar refractivity (Wildman–Crippen MR) is 34.4 cm³/mol. The summed E-state index contributed by atoms with van der Waals surface area (Å²) in [5.74, 6) is -1.53. The molecule has 0 aliphatic rings. The second kappa shape index (κ2) is 3.08. The van der Waals surface area contributed by atoms with Crippen molar-refractivity contribution in [3.8, 4) is 0 Å². The summed E-state index contributed by atoms with van der Waals surface area (Å²) in [6, 6.07) is 1.60. The summed E-state index contributed by atoms with van der Waals surface area (Å²) in [4.78, 5) is 9.13. The molecule has 0 N–H and O–H groups in total. The third-order valence-corrected chi connectivity index (χ3v) is 1.23. The Bertz CT molecular complexity index is 317. The molecule has 7 heteroatoms. The maximum Gasteiger partial charge on any atom is 0.449 e. The first-order valence-corrected chi connectivity index (χ1v) is 3.17. The van der Waals surface area contributed by atoms with Crippen molar-refractivity contribution in [1.29, 1.82) is 0 Å². The van der Waals surface area contributed by atoms with Crippen LogP contribution in [0.15, 0.2) is 16.5 Å². The second-order valence-corrected chi connectivity index (χ2v) is 2.25. The van der Waals surface area contributed by atoms with Gasteiger partial charge in [-0.1, -0.05) is 0 Å². The first kappa shape index (κ1) is 9.56. The minimum absolute atomic E-state index is 0.308. The van der Waals surface area contributed by atoms with Gasteiger partial charge in [0.05, 0.1) is 0 Å². The van der Waals surface area contributed by atoms with Crippen LogP contribution in [0.2, 0.25) is 0 Å². The van der Waals surface area contributed by atoms with Crippen molar-refractivity contribution < 1.29 is 22.5 Å². The van der Waals surface area contributed by atoms with Gasteiger partial charge in [-0.3, -0.25) is 10.1 Å². The lowest BCUT2D eigenvalue weighted by Crippen LogP contribution is -2.02. The van der Waals surface area contributed by atoms with E-state index in [0.717, 1.165) is 6.07 Å². The van der Waals surface area contributed by atoms with Crippen LogP contribution >= 0.6 is 0 Å². The minimum Gasteiger partial charge on any atom is -0.450 e. The average Bonchev–Trinajstić information content (AvgIpc) is 2.32. The van der Waals surface area contributed by atoms with Gasteiger partial charge in [-0.15, -0.1) is 0 Å². The Balaban J connectivity index is 2.81. The van der Waals surface area contributed by atoms with Gasteiger partial charge in [-0.25, -0.2) is 0 Å². The molecule has 0 amide bonds. The SMILES string of the molecule is O=[N+]([O-])Cc1ccc(C(F)(F)F)o1. The van der Waals surface area contributed by atoms with E-state index in [1.165, 1.54) is 0 Å². The van der Waals surface area contributed by atoms with Gasteiger partial charge in [-0.05, 0) is 12.1 Å². The molecule has 0 atom stereocenters. The van der Waals surface area contributed by atoms with Gasteiger partial charge in [0.1, 0.15) is 0 Å². The zero-order valence-corrected chi connectivity index (χ0v) is 6.17. The zero-order chi connectivity index (χ0) is 10.1. The summed E-state index contributed by atoms with van der Waals surface area (Å²) < 4.78 is 39.8. The third-order valence-electron chi connectivity index (χ3n) is 1.23. The Morgan fingerprint density at radius 3 is 2.46 bits per heavy atom. The molecule has 0 fully saturated rings. The Labute approximate surface area is 70.1 Å². The average molecular weight is 195 g/mol. The molecule has 0 aliphatic heterocycles. The smallest absolute Gasteiger partial charge is 0.449 e. The van der Waals surface area contributed by atoms with Crippen LogP contribution in [0.3, 0.4) is 0 Å². The Hall–Kier alpha value is -1.53. The van der Waals surface area contributed by atoms with Gasteiger partial charge < -0.3 is 4.42 Å². The van der Waals surface area contributed by atoms with E-state index in [1.807, 2.05) is 0 Å². The fraction of sp³-hybridized carbons (Fsp3) is 0.333. The normalized spacial score (nSPS) is 11.6. The summed E-state index contributed by atoms with van der Waals surface area (Å²) in [6.07, 6.45) is -4.59. The summed E-state index contributed by atoms with van der Waals surface area (Å²) >= 11 is 0. The molecule has 1 rings (SSSR count). The summed E-state index contributed by atoms with van der Waals surface area (Å²) in [7, 11) is 0. The standard InChI is InChI=1S/C6H4F3NO3/c7-6(8,9)5-2-1-4(13-5)3-10(11)12/h1-2H,3H2. The van der Waals surface area contributed by atoms with Gasteiger partial charge in [-0.2, -0.15) is 13.2 Å². The molecule has 1 aromatic rings. The van der Waals surface area contributed by atoms with Crippen molar-refractivity contribution in [2.75, 3.05) is 0 Å². The third kappa shape index (κ3) is 2.46. The number of furan rings is 1. The van der Waals surface area contributed by atoms with E-state index in [9.17, 15) is 23.3 Å². The highest BCUT2D eigenvalue weighted by Crippen LogP contribution is 2.30. The van der Waals surface area contributed by atoms with E-state index in [0.29, 0.717) is 6.07 Å². The Morgan fingerprint density at radius 2 is 2.08 bits per heavy atom. The van der Waals surface area contributed by atoms with Gasteiger partial charge in [0.2, 0.25) is 5.76 Å². The number of nitro groups is 1. The molecule has 0 unspecified atom stereocenters. The van der Waals surface area contributed by atoms with Crippen molar-refractivity contribution in [2.24, 2.45) is 0 Å². The molecular formula is C6H4F3NO3. The van der Waals surface area contributed by atoms with Crippen molar-refractivity contribution >= 4 is 0 Å². The van der Waals surface area contributed by atoms with Gasteiger partial charge in [0.15, 0.2) is 5.76 Å². The maximum atomic E-state index is 11.9. The van der Waals surface area contributed by atoms with E-state index < -0.39 is 23.4 Å². The molecule has 0 saturated carbocycles. The highest BCUT2D eigenvalue weighted by Gasteiger charge is 2.35. The largest absolute Gasteiger partial charge is 0.450 e. The molecule has 0 spiro atoms. The zero-order valence-electron chi connectivity index (χ0n) is 6.17. The van der Waals surface area contributed by atoms with Crippen molar-refractivity contribution in [3.63, 3.8) is 0 Å². The predicted octanol–water partition coefficient (Wildman–Crippen LogP) is 2.08. The minimum atomic E-state index is -4.59. The van der Waals surface area contributed by atoms with Crippen LogP contribution in [0, 0.1) is 10.1 Å². The molecule has 0 bridgehead atoms. The number of hydrogen-bond acceptors (Lipinski definition) is 3. The Kier molecular flexibility index (Phi) is 2.26. The van der Waals surface area contributed by atoms with E-state index in [2.05, 4.69) is 4.42 Å². The lowest BCUT2D eigenvalue weighted by molar-refractivity contribution is -0.499. The van der Waals surface area contributed by atoms with Crippen LogP contribution in [-0.2, 0) is 12.7 Å². The molecular weight excluding hydrogens is 191 g/mol. The summed E-state index contributed by atoms with van der Waals surface area (Å²) in [5, 5.41) is 9.89. The van der Waals surface area contributed by atoms with E-state index in [-0.39, 0.29) is 5.76 Å². The number of halogens is 3. The molecule has 72 valence electrons. The van der Waals surface area contributed by atoms with Crippen LogP contribution in [0.25, 0.3) is 0 Å². The molecule has 0 radical (unpaired) electrons. The van der Waals surface area contributed by atoms with Gasteiger partial charge in [0.25, 0.3) is 6.54 Å². The van der Waals surface area contributed by atoms with Crippen molar-refractivity contribution in [1.82, 2.24) is 0 Å². The van der Waals surface area contributed by atoms with Crippen molar-refractivity contribution in [2.45, 2.75) is 12.7 Å². The first-order valence-electron chi connectivity index (χ1n) is 3.17. The summed E-state index contributed by atoms with van der Waals surface area (Å²) in [5.41, 5.74) is 0. The van der Waals surface area contributed by atoms with Crippen molar-refractivity contribution in [3.05, 3.63) is 33.8 Å². The van der Waals surface area contributed by atoms with E-state index in [1.54, 1.807) is 0 Å². The Morgan fingerprint density at radius 1 is 1.46 bits per heavy atom. The monoisotopic (exact) mass is 195 g/mol. The number of hydrogen-bond donors (Lipinski definition) is 0. The summed E-state index contributed by atoms with van der Waals surface area (Å²) in [6.45, 7) is -0.740. The molecule has 0 aliphatic carbocycles. The fourth-order valence-electron chi connectivity index (χ4n) is 0.742. The van der Waals surface area contributed by atoms with Gasteiger partial charge >= 0.3 is 6.18 Å². The molecule has 1 aromatic heterocycles. The van der Waals surface area contributed by atoms with E-state index >= 15 is 0 Å². The maximum absolute atomic E-state index is 11.9. The lowest BCUT2D eigenvalue weighted by Gasteiger charge is -1.99. The molecule has 4 nitrogen and oxygen atoms in total. The van der Waals surface area contributed by atoms with Crippen LogP contribution in [0.4, 0.5) is 13.2 Å². The van der Waals surface area contributed by atoms with Crippen LogP contribution < -0.4 is 0 Å². The second-order valence-electron chi connectivity index (χ2n) is 2.25. The number of nitrogens with zero attached hydrogens (tertiary/aromatic N) is 1. The molecule has 13 heavy (non-hydrogen) atoms. The first-order chi connectivity index (χ1) is 5.89.